The summed E-state index contributed by atoms with van der Waals surface area (Å²) in [6, 6.07) is 12.8. The number of halogens is 3. The molecule has 2 aromatic rings. The van der Waals surface area contributed by atoms with Crippen LogP contribution in [0.25, 0.3) is 0 Å². The van der Waals surface area contributed by atoms with Crippen LogP contribution in [-0.4, -0.2) is 56.8 Å². The van der Waals surface area contributed by atoms with Gasteiger partial charge < -0.3 is 4.74 Å². The zero-order valence-corrected chi connectivity index (χ0v) is 22.5. The van der Waals surface area contributed by atoms with Crippen LogP contribution >= 0.6 is 43.5 Å². The average Bonchev–Trinajstić information content (AvgIpc) is 3.47. The molecule has 2 bridgehead atoms. The summed E-state index contributed by atoms with van der Waals surface area (Å²) < 4.78 is 5.14. The first-order valence-electron chi connectivity index (χ1n) is 11.1. The molecule has 0 N–H and O–H groups in total. The lowest BCUT2D eigenvalue weighted by molar-refractivity contribution is -0.154. The first-order chi connectivity index (χ1) is 16.7. The van der Waals surface area contributed by atoms with Crippen LogP contribution in [0, 0.1) is 23.7 Å². The quantitative estimate of drug-likeness (QED) is 0.271. The smallest absolute Gasteiger partial charge is 0.274 e. The van der Waals surface area contributed by atoms with Gasteiger partial charge in [0.05, 0.1) is 29.5 Å². The largest absolute Gasteiger partial charge is 0.497 e. The molecular formula is C25H21Br2ClN2O5. The highest BCUT2D eigenvalue weighted by Gasteiger charge is 2.67. The van der Waals surface area contributed by atoms with Crippen molar-refractivity contribution in [3.05, 3.63) is 64.7 Å². The van der Waals surface area contributed by atoms with Crippen LogP contribution in [0.2, 0.25) is 5.02 Å². The van der Waals surface area contributed by atoms with Gasteiger partial charge in [-0.25, -0.2) is 5.01 Å². The normalized spacial score (nSPS) is 28.9. The minimum atomic E-state index is -0.683. The number of hydrazine groups is 1. The van der Waals surface area contributed by atoms with E-state index in [0.717, 1.165) is 16.4 Å². The molecular weight excluding hydrogens is 604 g/mol. The van der Waals surface area contributed by atoms with Gasteiger partial charge in [0.15, 0.2) is 5.78 Å². The second kappa shape index (κ2) is 9.33. The molecule has 5 rings (SSSR count). The number of hydrogen-bond acceptors (Lipinski definition) is 5. The third-order valence-electron chi connectivity index (χ3n) is 7.25. The van der Waals surface area contributed by atoms with Crippen LogP contribution in [-0.2, 0) is 9.59 Å². The number of imide groups is 1. The van der Waals surface area contributed by atoms with Crippen LogP contribution < -0.4 is 4.74 Å². The molecule has 7 nitrogen and oxygen atoms in total. The van der Waals surface area contributed by atoms with Crippen LogP contribution in [0.15, 0.2) is 48.5 Å². The first kappa shape index (κ1) is 24.5. The number of methoxy groups -OCH3 is 1. The van der Waals surface area contributed by atoms with Gasteiger partial charge in [-0.05, 0) is 54.7 Å². The maximum Gasteiger partial charge on any atom is 0.274 e. The Morgan fingerprint density at radius 2 is 1.57 bits per heavy atom. The molecule has 1 saturated heterocycles. The number of nitrogens with zero attached hydrogens (tertiary/aromatic N) is 2. The molecule has 2 aromatic carbocycles. The van der Waals surface area contributed by atoms with Gasteiger partial charge in [0.2, 0.25) is 0 Å². The van der Waals surface area contributed by atoms with E-state index in [1.54, 1.807) is 42.5 Å². The summed E-state index contributed by atoms with van der Waals surface area (Å²) >= 11 is 13.6. The predicted molar refractivity (Wildman–Crippen MR) is 136 cm³/mol. The Bertz CT molecular complexity index is 1190. The summed E-state index contributed by atoms with van der Waals surface area (Å²) in [6.45, 7) is -0.488. The molecule has 0 spiro atoms. The Morgan fingerprint density at radius 1 is 1.00 bits per heavy atom. The number of alkyl halides is 2. The van der Waals surface area contributed by atoms with E-state index in [0.29, 0.717) is 11.3 Å². The van der Waals surface area contributed by atoms with Gasteiger partial charge in [-0.1, -0.05) is 55.6 Å². The highest BCUT2D eigenvalue weighted by atomic mass is 79.9. The molecule has 2 saturated carbocycles. The molecule has 0 unspecified atom stereocenters. The number of carbonyl (C=O) groups excluding carboxylic acids is 4. The molecule has 10 heteroatoms. The fourth-order valence-corrected chi connectivity index (χ4v) is 7.67. The lowest BCUT2D eigenvalue weighted by Crippen LogP contribution is -2.52. The van der Waals surface area contributed by atoms with Gasteiger partial charge in [0, 0.05) is 15.2 Å². The molecule has 1 aliphatic heterocycles. The van der Waals surface area contributed by atoms with Crippen molar-refractivity contribution < 1.29 is 23.9 Å². The summed E-state index contributed by atoms with van der Waals surface area (Å²) in [4.78, 5) is 54.2. The van der Waals surface area contributed by atoms with Gasteiger partial charge in [-0.15, -0.1) is 0 Å². The Morgan fingerprint density at radius 3 is 2.11 bits per heavy atom. The number of carbonyl (C=O) groups is 4. The van der Waals surface area contributed by atoms with E-state index in [4.69, 9.17) is 16.3 Å². The molecule has 182 valence electrons. The van der Waals surface area contributed by atoms with E-state index in [1.165, 1.54) is 13.2 Å². The van der Waals surface area contributed by atoms with Gasteiger partial charge in [-0.3, -0.25) is 19.2 Å². The molecule has 3 aliphatic rings. The van der Waals surface area contributed by atoms with Crippen molar-refractivity contribution in [3.8, 4) is 5.75 Å². The van der Waals surface area contributed by atoms with Crippen molar-refractivity contribution in [1.82, 2.24) is 10.0 Å². The SMILES string of the molecule is COc1ccc(C(=O)CN(C(=O)c2ccccc2Cl)N2C(=O)[C@@H]3[C@H]4C[C@@H]([C@H](Br)[C@H]4Br)[C@@H]3C2=O)cc1. The number of hydrogen-bond donors (Lipinski definition) is 0. The number of ketones is 1. The number of ether oxygens (including phenoxy) is 1. The lowest BCUT2D eigenvalue weighted by Gasteiger charge is -2.31. The molecule has 3 amide bonds. The molecule has 35 heavy (non-hydrogen) atoms. The average molecular weight is 625 g/mol. The second-order valence-electron chi connectivity index (χ2n) is 8.99. The number of rotatable bonds is 6. The fraction of sp³-hybridized carbons (Fsp3) is 0.360. The third kappa shape index (κ3) is 3.92. The Hall–Kier alpha value is -2.23. The number of Topliss-reactive ketones (excluding diaryl/α,β-unsaturated/α-hetero) is 1. The van der Waals surface area contributed by atoms with E-state index in [-0.39, 0.29) is 32.1 Å². The molecule has 2 aliphatic carbocycles. The zero-order valence-electron chi connectivity index (χ0n) is 18.6. The molecule has 3 fully saturated rings. The van der Waals surface area contributed by atoms with Crippen molar-refractivity contribution >= 4 is 67.0 Å². The summed E-state index contributed by atoms with van der Waals surface area (Å²) in [5.41, 5.74) is 0.428. The fourth-order valence-electron chi connectivity index (χ4n) is 5.58. The van der Waals surface area contributed by atoms with E-state index < -0.39 is 41.9 Å². The topological polar surface area (TPSA) is 84.0 Å². The van der Waals surface area contributed by atoms with Crippen molar-refractivity contribution in [2.45, 2.75) is 16.1 Å². The molecule has 0 radical (unpaired) electrons. The van der Waals surface area contributed by atoms with Crippen LogP contribution in [0.1, 0.15) is 27.1 Å². The van der Waals surface area contributed by atoms with Crippen molar-refractivity contribution in [1.29, 1.82) is 0 Å². The highest BCUT2D eigenvalue weighted by molar-refractivity contribution is 9.12. The molecule has 0 aromatic heterocycles. The van der Waals surface area contributed by atoms with Crippen LogP contribution in [0.5, 0.6) is 5.75 Å². The van der Waals surface area contributed by atoms with Gasteiger partial charge in [0.25, 0.3) is 17.7 Å². The van der Waals surface area contributed by atoms with Crippen molar-refractivity contribution in [2.24, 2.45) is 23.7 Å². The minimum absolute atomic E-state index is 0.0228. The summed E-state index contributed by atoms with van der Waals surface area (Å²) in [5, 5.41) is 2.02. The minimum Gasteiger partial charge on any atom is -0.497 e. The Balaban J connectivity index is 1.51. The van der Waals surface area contributed by atoms with Crippen molar-refractivity contribution in [2.75, 3.05) is 13.7 Å². The second-order valence-corrected chi connectivity index (χ2v) is 11.5. The number of amides is 3. The summed E-state index contributed by atoms with van der Waals surface area (Å²) in [7, 11) is 1.52. The van der Waals surface area contributed by atoms with Gasteiger partial charge in [-0.2, -0.15) is 5.01 Å². The van der Waals surface area contributed by atoms with Gasteiger partial charge >= 0.3 is 0 Å². The third-order valence-corrected chi connectivity index (χ3v) is 10.8. The maximum absolute atomic E-state index is 13.6. The van der Waals surface area contributed by atoms with E-state index in [1.807, 2.05) is 0 Å². The number of benzene rings is 2. The van der Waals surface area contributed by atoms with Crippen LogP contribution in [0.3, 0.4) is 0 Å². The highest BCUT2D eigenvalue weighted by Crippen LogP contribution is 2.60. The van der Waals surface area contributed by atoms with E-state index in [9.17, 15) is 19.2 Å². The molecule has 1 heterocycles. The monoisotopic (exact) mass is 622 g/mol. The zero-order chi connectivity index (χ0) is 25.0. The van der Waals surface area contributed by atoms with E-state index >= 15 is 0 Å². The summed E-state index contributed by atoms with van der Waals surface area (Å²) in [5.74, 6) is -2.52. The lowest BCUT2D eigenvalue weighted by atomic mass is 9.81. The Labute approximate surface area is 224 Å². The molecule has 6 atom stereocenters. The van der Waals surface area contributed by atoms with Crippen LogP contribution in [0.4, 0.5) is 0 Å². The van der Waals surface area contributed by atoms with Gasteiger partial charge in [0.1, 0.15) is 12.3 Å². The maximum atomic E-state index is 13.6. The number of fused-ring (bicyclic) bond motifs is 5. The standard InChI is InChI=1S/C25H21Br2ClN2O5/c1-35-13-8-6-12(7-9-13)18(31)11-29(23(32)14-4-2-3-5-17(14)28)30-24(33)19-15-10-16(20(19)25(30)34)22(27)21(15)26/h2-9,15-16,19-22H,10-11H2,1H3/t15-,16-,19-,20+,21+,22+/m1/s1. The van der Waals surface area contributed by atoms with E-state index in [2.05, 4.69) is 31.9 Å². The first-order valence-corrected chi connectivity index (χ1v) is 13.3. The summed E-state index contributed by atoms with van der Waals surface area (Å²) in [6.07, 6.45) is 0.760. The predicted octanol–water partition coefficient (Wildman–Crippen LogP) is 4.37. The van der Waals surface area contributed by atoms with Crippen molar-refractivity contribution in [3.63, 3.8) is 0 Å². The Kier molecular flexibility index (Phi) is 6.52.